The topological polar surface area (TPSA) is 23.5 Å². The maximum absolute atomic E-state index is 9.90. The van der Waals surface area contributed by atoms with Gasteiger partial charge in [-0.2, -0.15) is 0 Å². The van der Waals surface area contributed by atoms with Crippen molar-refractivity contribution in [2.75, 3.05) is 26.7 Å². The molecule has 1 fully saturated rings. The van der Waals surface area contributed by atoms with Crippen molar-refractivity contribution in [3.63, 3.8) is 0 Å². The van der Waals surface area contributed by atoms with E-state index in [9.17, 15) is 5.11 Å². The minimum absolute atomic E-state index is 0.0525. The molecular formula is C15H23NO. The number of benzene rings is 1. The number of likely N-dealkylation sites (tertiary alicyclic amines) is 1. The summed E-state index contributed by atoms with van der Waals surface area (Å²) in [6.45, 7) is 6.64. The van der Waals surface area contributed by atoms with E-state index in [1.165, 1.54) is 23.1 Å². The summed E-state index contributed by atoms with van der Waals surface area (Å²) in [4.78, 5) is 2.33. The van der Waals surface area contributed by atoms with Gasteiger partial charge in [0.05, 0.1) is 6.61 Å². The highest BCUT2D eigenvalue weighted by Gasteiger charge is 2.36. The second-order valence-electron chi connectivity index (χ2n) is 5.60. The molecule has 0 spiro atoms. The van der Waals surface area contributed by atoms with Gasteiger partial charge in [-0.1, -0.05) is 23.8 Å². The molecule has 1 N–H and O–H groups in total. The van der Waals surface area contributed by atoms with Crippen LogP contribution in [0.25, 0.3) is 0 Å². The summed E-state index contributed by atoms with van der Waals surface area (Å²) in [6.07, 6.45) is 2.27. The van der Waals surface area contributed by atoms with Crippen LogP contribution in [-0.4, -0.2) is 36.8 Å². The van der Waals surface area contributed by atoms with Gasteiger partial charge in [0.25, 0.3) is 0 Å². The molecule has 2 rings (SSSR count). The Hall–Kier alpha value is -0.860. The minimum atomic E-state index is -0.0525. The number of hydrogen-bond acceptors (Lipinski definition) is 2. The molecule has 1 aromatic carbocycles. The normalized spacial score (nSPS) is 26.1. The number of hydrogen-bond donors (Lipinski definition) is 1. The van der Waals surface area contributed by atoms with E-state index < -0.39 is 0 Å². The molecule has 1 aliphatic heterocycles. The SMILES string of the molecule is Cc1ccc(C)c(C2(CO)CCCN(C)C2)c1. The van der Waals surface area contributed by atoms with Gasteiger partial charge in [0.2, 0.25) is 0 Å². The van der Waals surface area contributed by atoms with Crippen LogP contribution in [0.2, 0.25) is 0 Å². The fraction of sp³-hybridized carbons (Fsp3) is 0.600. The average Bonchev–Trinajstić information content (AvgIpc) is 2.32. The van der Waals surface area contributed by atoms with Gasteiger partial charge in [-0.05, 0) is 51.4 Å². The Labute approximate surface area is 104 Å². The zero-order chi connectivity index (χ0) is 12.5. The second kappa shape index (κ2) is 4.79. The van der Waals surface area contributed by atoms with Crippen molar-refractivity contribution in [3.05, 3.63) is 34.9 Å². The van der Waals surface area contributed by atoms with Crippen molar-refractivity contribution in [2.24, 2.45) is 0 Å². The van der Waals surface area contributed by atoms with E-state index in [0.29, 0.717) is 0 Å². The molecule has 0 amide bonds. The van der Waals surface area contributed by atoms with Crippen molar-refractivity contribution in [1.82, 2.24) is 4.90 Å². The Bertz CT molecular complexity index is 402. The molecule has 0 saturated carbocycles. The third kappa shape index (κ3) is 2.38. The molecule has 1 aromatic rings. The van der Waals surface area contributed by atoms with Gasteiger partial charge in [0.1, 0.15) is 0 Å². The number of piperidine rings is 1. The summed E-state index contributed by atoms with van der Waals surface area (Å²) in [5.41, 5.74) is 3.88. The summed E-state index contributed by atoms with van der Waals surface area (Å²) in [5.74, 6) is 0. The second-order valence-corrected chi connectivity index (χ2v) is 5.60. The van der Waals surface area contributed by atoms with Crippen molar-refractivity contribution in [1.29, 1.82) is 0 Å². The quantitative estimate of drug-likeness (QED) is 0.847. The molecule has 1 heterocycles. The largest absolute Gasteiger partial charge is 0.395 e. The van der Waals surface area contributed by atoms with E-state index in [-0.39, 0.29) is 12.0 Å². The molecule has 0 bridgehead atoms. The van der Waals surface area contributed by atoms with Crippen LogP contribution in [0.3, 0.4) is 0 Å². The first kappa shape index (κ1) is 12.6. The van der Waals surface area contributed by atoms with E-state index in [1.54, 1.807) is 0 Å². The van der Waals surface area contributed by atoms with Crippen LogP contribution < -0.4 is 0 Å². The number of nitrogens with zero attached hydrogens (tertiary/aromatic N) is 1. The maximum Gasteiger partial charge on any atom is 0.0540 e. The Kier molecular flexibility index (Phi) is 3.55. The zero-order valence-electron chi connectivity index (χ0n) is 11.2. The Balaban J connectivity index is 2.43. The highest BCUT2D eigenvalue weighted by molar-refractivity contribution is 5.37. The van der Waals surface area contributed by atoms with E-state index in [4.69, 9.17) is 0 Å². The van der Waals surface area contributed by atoms with Crippen LogP contribution in [-0.2, 0) is 5.41 Å². The lowest BCUT2D eigenvalue weighted by Crippen LogP contribution is -2.47. The third-order valence-electron chi connectivity index (χ3n) is 4.03. The molecule has 17 heavy (non-hydrogen) atoms. The average molecular weight is 233 g/mol. The molecule has 1 aliphatic rings. The summed E-state index contributed by atoms with van der Waals surface area (Å²) >= 11 is 0. The van der Waals surface area contributed by atoms with Crippen LogP contribution >= 0.6 is 0 Å². The lowest BCUT2D eigenvalue weighted by atomic mass is 9.73. The van der Waals surface area contributed by atoms with Crippen molar-refractivity contribution < 1.29 is 5.11 Å². The number of aliphatic hydroxyl groups excluding tert-OH is 1. The smallest absolute Gasteiger partial charge is 0.0540 e. The van der Waals surface area contributed by atoms with Gasteiger partial charge in [-0.3, -0.25) is 0 Å². The van der Waals surface area contributed by atoms with Gasteiger partial charge in [0.15, 0.2) is 0 Å². The molecule has 1 atom stereocenters. The van der Waals surface area contributed by atoms with Crippen molar-refractivity contribution in [2.45, 2.75) is 32.1 Å². The summed E-state index contributed by atoms with van der Waals surface area (Å²) < 4.78 is 0. The molecule has 1 saturated heterocycles. The fourth-order valence-electron chi connectivity index (χ4n) is 3.10. The molecule has 94 valence electrons. The van der Waals surface area contributed by atoms with E-state index in [2.05, 4.69) is 44.0 Å². The maximum atomic E-state index is 9.90. The van der Waals surface area contributed by atoms with Gasteiger partial charge in [-0.25, -0.2) is 0 Å². The lowest BCUT2D eigenvalue weighted by molar-refractivity contribution is 0.104. The van der Waals surface area contributed by atoms with Gasteiger partial charge in [-0.15, -0.1) is 0 Å². The van der Waals surface area contributed by atoms with Crippen LogP contribution in [0.4, 0.5) is 0 Å². The van der Waals surface area contributed by atoms with Gasteiger partial charge in [0, 0.05) is 12.0 Å². The standard InChI is InChI=1S/C15H23NO/c1-12-5-6-13(2)14(9-12)15(11-17)7-4-8-16(3)10-15/h5-6,9,17H,4,7-8,10-11H2,1-3H3. The number of aryl methyl sites for hydroxylation is 2. The van der Waals surface area contributed by atoms with Crippen molar-refractivity contribution >= 4 is 0 Å². The van der Waals surface area contributed by atoms with Crippen molar-refractivity contribution in [3.8, 4) is 0 Å². The Morgan fingerprint density at radius 3 is 2.76 bits per heavy atom. The molecule has 1 unspecified atom stereocenters. The molecule has 0 aliphatic carbocycles. The first-order valence-corrected chi connectivity index (χ1v) is 6.44. The molecule has 2 nitrogen and oxygen atoms in total. The number of rotatable bonds is 2. The highest BCUT2D eigenvalue weighted by Crippen LogP contribution is 2.35. The highest BCUT2D eigenvalue weighted by atomic mass is 16.3. The molecule has 0 aromatic heterocycles. The van der Waals surface area contributed by atoms with E-state index in [0.717, 1.165) is 19.5 Å². The Morgan fingerprint density at radius 1 is 1.35 bits per heavy atom. The number of aliphatic hydroxyl groups is 1. The minimum Gasteiger partial charge on any atom is -0.395 e. The summed E-state index contributed by atoms with van der Waals surface area (Å²) in [6, 6.07) is 6.58. The third-order valence-corrected chi connectivity index (χ3v) is 4.03. The van der Waals surface area contributed by atoms with Crippen LogP contribution in [0.15, 0.2) is 18.2 Å². The Morgan fingerprint density at radius 2 is 2.12 bits per heavy atom. The summed E-state index contributed by atoms with van der Waals surface area (Å²) in [5, 5.41) is 9.90. The fourth-order valence-corrected chi connectivity index (χ4v) is 3.10. The predicted octanol–water partition coefficient (Wildman–Crippen LogP) is 2.26. The monoisotopic (exact) mass is 233 g/mol. The first-order chi connectivity index (χ1) is 8.07. The van der Waals surface area contributed by atoms with Gasteiger partial charge < -0.3 is 10.0 Å². The van der Waals surface area contributed by atoms with Crippen LogP contribution in [0.5, 0.6) is 0 Å². The molecule has 2 heteroatoms. The molecular weight excluding hydrogens is 210 g/mol. The lowest BCUT2D eigenvalue weighted by Gasteiger charge is -2.41. The first-order valence-electron chi connectivity index (χ1n) is 6.44. The van der Waals surface area contributed by atoms with Crippen LogP contribution in [0, 0.1) is 13.8 Å². The van der Waals surface area contributed by atoms with Crippen LogP contribution in [0.1, 0.15) is 29.5 Å². The zero-order valence-corrected chi connectivity index (χ0v) is 11.2. The van der Waals surface area contributed by atoms with Gasteiger partial charge >= 0.3 is 0 Å². The van der Waals surface area contributed by atoms with E-state index in [1.807, 2.05) is 0 Å². The summed E-state index contributed by atoms with van der Waals surface area (Å²) in [7, 11) is 2.15. The molecule has 0 radical (unpaired) electrons. The number of likely N-dealkylation sites (N-methyl/N-ethyl adjacent to an activating group) is 1. The van der Waals surface area contributed by atoms with E-state index >= 15 is 0 Å². The predicted molar refractivity (Wildman–Crippen MR) is 71.4 cm³/mol.